The molecule has 2 aliphatic heterocycles. The van der Waals surface area contributed by atoms with Crippen molar-refractivity contribution in [1.82, 2.24) is 15.2 Å². The van der Waals surface area contributed by atoms with Gasteiger partial charge < -0.3 is 20.3 Å². The summed E-state index contributed by atoms with van der Waals surface area (Å²) in [6, 6.07) is 18.4. The van der Waals surface area contributed by atoms with Crippen LogP contribution in [0.15, 0.2) is 65.7 Å². The predicted molar refractivity (Wildman–Crippen MR) is 149 cm³/mol. The third kappa shape index (κ3) is 5.00. The summed E-state index contributed by atoms with van der Waals surface area (Å²) in [5, 5.41) is 26.4. The van der Waals surface area contributed by atoms with E-state index in [0.29, 0.717) is 35.1 Å². The number of aromatic amines is 1. The number of fused-ring (bicyclic) bond motifs is 2. The molecule has 1 fully saturated rings. The number of piperidine rings is 1. The third-order valence-electron chi connectivity index (χ3n) is 7.55. The Kier molecular flexibility index (Phi) is 6.58. The molecule has 0 atom stereocenters. The van der Waals surface area contributed by atoms with Gasteiger partial charge in [0, 0.05) is 54.7 Å². The number of nitro benzene ring substituents is 1. The van der Waals surface area contributed by atoms with Gasteiger partial charge in [0.2, 0.25) is 5.91 Å². The fourth-order valence-corrected chi connectivity index (χ4v) is 5.46. The number of carbonyl (C=O) groups excluding carboxylic acids is 1. The number of rotatable bonds is 6. The number of nitro groups is 1. The fraction of sp³-hybridized carbons (Fsp3) is 0.267. The van der Waals surface area contributed by atoms with E-state index in [1.807, 2.05) is 35.2 Å². The summed E-state index contributed by atoms with van der Waals surface area (Å²) in [6.45, 7) is 3.04. The molecule has 198 valence electrons. The van der Waals surface area contributed by atoms with Crippen LogP contribution in [0.25, 0.3) is 10.9 Å². The van der Waals surface area contributed by atoms with Gasteiger partial charge >= 0.3 is 0 Å². The number of benzene rings is 3. The average molecular weight is 524 g/mol. The maximum atomic E-state index is 12.3. The van der Waals surface area contributed by atoms with E-state index in [9.17, 15) is 20.0 Å². The molecule has 1 saturated heterocycles. The SMILES string of the molecule is O=C1CCCCN1Cc1ccc(C(=Nc2ccc3c(c2)CCNC3)c2c(O)[nH]c3ccc([N+](=O)[O-])cc23)cc1. The van der Waals surface area contributed by atoms with Crippen molar-refractivity contribution in [3.8, 4) is 5.88 Å². The van der Waals surface area contributed by atoms with E-state index in [2.05, 4.69) is 22.4 Å². The number of nitrogens with zero attached hydrogens (tertiary/aromatic N) is 3. The predicted octanol–water partition coefficient (Wildman–Crippen LogP) is 5.11. The van der Waals surface area contributed by atoms with Crippen LogP contribution in [0.4, 0.5) is 11.4 Å². The number of hydrogen-bond acceptors (Lipinski definition) is 6. The van der Waals surface area contributed by atoms with Crippen molar-refractivity contribution in [3.05, 3.63) is 98.6 Å². The summed E-state index contributed by atoms with van der Waals surface area (Å²) in [4.78, 5) is 33.2. The number of hydrogen-bond donors (Lipinski definition) is 3. The van der Waals surface area contributed by atoms with E-state index in [0.717, 1.165) is 55.7 Å². The van der Waals surface area contributed by atoms with Crippen molar-refractivity contribution in [1.29, 1.82) is 0 Å². The molecule has 0 radical (unpaired) electrons. The molecule has 3 N–H and O–H groups in total. The highest BCUT2D eigenvalue weighted by atomic mass is 16.6. The Morgan fingerprint density at radius 3 is 2.67 bits per heavy atom. The van der Waals surface area contributed by atoms with Crippen LogP contribution in [0.3, 0.4) is 0 Å². The number of aliphatic imine (C=N–C) groups is 1. The van der Waals surface area contributed by atoms with Crippen LogP contribution in [0.5, 0.6) is 5.88 Å². The molecule has 0 spiro atoms. The molecule has 0 bridgehead atoms. The Hall–Kier alpha value is -4.50. The Morgan fingerprint density at radius 1 is 1.03 bits per heavy atom. The smallest absolute Gasteiger partial charge is 0.270 e. The minimum atomic E-state index is -0.446. The molecule has 6 rings (SSSR count). The molecule has 39 heavy (non-hydrogen) atoms. The van der Waals surface area contributed by atoms with Gasteiger partial charge in [0.15, 0.2) is 5.88 Å². The van der Waals surface area contributed by atoms with Crippen molar-refractivity contribution in [2.75, 3.05) is 13.1 Å². The van der Waals surface area contributed by atoms with Crippen LogP contribution in [0.1, 0.15) is 47.1 Å². The van der Waals surface area contributed by atoms with Gasteiger partial charge in [0.05, 0.1) is 21.9 Å². The van der Waals surface area contributed by atoms with Crippen LogP contribution < -0.4 is 5.32 Å². The molecular formula is C30H29N5O4. The topological polar surface area (TPSA) is 124 Å². The number of likely N-dealkylation sites (tertiary alicyclic amines) is 1. The largest absolute Gasteiger partial charge is 0.494 e. The molecule has 4 aromatic rings. The molecular weight excluding hydrogens is 494 g/mol. The van der Waals surface area contributed by atoms with Crippen LogP contribution in [-0.4, -0.2) is 44.6 Å². The summed E-state index contributed by atoms with van der Waals surface area (Å²) in [6.07, 6.45) is 3.46. The summed E-state index contributed by atoms with van der Waals surface area (Å²) >= 11 is 0. The average Bonchev–Trinajstić information content (AvgIpc) is 3.28. The lowest BCUT2D eigenvalue weighted by Crippen LogP contribution is -2.34. The fourth-order valence-electron chi connectivity index (χ4n) is 5.46. The maximum absolute atomic E-state index is 12.3. The first-order valence-corrected chi connectivity index (χ1v) is 13.2. The number of aromatic nitrogens is 1. The summed E-state index contributed by atoms with van der Waals surface area (Å²) in [5.41, 5.74) is 6.41. The number of carbonyl (C=O) groups is 1. The number of non-ortho nitro benzene ring substituents is 1. The van der Waals surface area contributed by atoms with Crippen molar-refractivity contribution in [2.24, 2.45) is 4.99 Å². The molecule has 1 aromatic heterocycles. The zero-order valence-electron chi connectivity index (χ0n) is 21.4. The highest BCUT2D eigenvalue weighted by Crippen LogP contribution is 2.34. The first kappa shape index (κ1) is 24.8. The second-order valence-corrected chi connectivity index (χ2v) is 10.1. The van der Waals surface area contributed by atoms with Crippen molar-refractivity contribution in [3.63, 3.8) is 0 Å². The van der Waals surface area contributed by atoms with Crippen LogP contribution >= 0.6 is 0 Å². The Balaban J connectivity index is 1.45. The third-order valence-corrected chi connectivity index (χ3v) is 7.55. The Bertz CT molecular complexity index is 1610. The van der Waals surface area contributed by atoms with Crippen molar-refractivity contribution in [2.45, 2.75) is 38.8 Å². The number of amides is 1. The normalized spacial score (nSPS) is 15.9. The zero-order chi connectivity index (χ0) is 26.9. The second kappa shape index (κ2) is 10.3. The minimum absolute atomic E-state index is 0.0649. The van der Waals surface area contributed by atoms with Gasteiger partial charge in [-0.15, -0.1) is 0 Å². The van der Waals surface area contributed by atoms with E-state index < -0.39 is 4.92 Å². The Labute approximate surface area is 225 Å². The van der Waals surface area contributed by atoms with Gasteiger partial charge in [-0.05, 0) is 60.7 Å². The number of H-pyrrole nitrogens is 1. The summed E-state index contributed by atoms with van der Waals surface area (Å²) in [7, 11) is 0. The monoisotopic (exact) mass is 523 g/mol. The van der Waals surface area contributed by atoms with Gasteiger partial charge in [-0.2, -0.15) is 0 Å². The van der Waals surface area contributed by atoms with Crippen LogP contribution in [0.2, 0.25) is 0 Å². The van der Waals surface area contributed by atoms with Gasteiger partial charge in [0.1, 0.15) is 0 Å². The minimum Gasteiger partial charge on any atom is -0.494 e. The molecule has 0 aliphatic carbocycles. The summed E-state index contributed by atoms with van der Waals surface area (Å²) in [5.74, 6) is 0.0786. The van der Waals surface area contributed by atoms with Crippen LogP contribution in [-0.2, 0) is 24.3 Å². The standard InChI is InChI=1S/C30H29N5O4/c36-27-3-1-2-14-34(27)18-19-4-6-20(7-5-19)29(32-23-9-8-22-17-31-13-12-21(22)15-23)28-25-16-24(35(38)39)10-11-26(25)33-30(28)37/h4-11,15-16,31,33,37H,1-3,12-14,17-18H2. The van der Waals surface area contributed by atoms with E-state index >= 15 is 0 Å². The van der Waals surface area contributed by atoms with E-state index in [1.165, 1.54) is 23.3 Å². The highest BCUT2D eigenvalue weighted by molar-refractivity contribution is 6.22. The van der Waals surface area contributed by atoms with Gasteiger partial charge in [-0.25, -0.2) is 4.99 Å². The van der Waals surface area contributed by atoms with Crippen molar-refractivity contribution >= 4 is 33.9 Å². The highest BCUT2D eigenvalue weighted by Gasteiger charge is 2.22. The lowest BCUT2D eigenvalue weighted by atomic mass is 9.98. The Morgan fingerprint density at radius 2 is 1.87 bits per heavy atom. The first-order chi connectivity index (χ1) is 19.0. The molecule has 3 aromatic carbocycles. The van der Waals surface area contributed by atoms with Crippen LogP contribution in [0, 0.1) is 10.1 Å². The molecule has 3 heterocycles. The zero-order valence-corrected chi connectivity index (χ0v) is 21.4. The molecule has 2 aliphatic rings. The summed E-state index contributed by atoms with van der Waals surface area (Å²) < 4.78 is 0. The maximum Gasteiger partial charge on any atom is 0.270 e. The molecule has 0 unspecified atom stereocenters. The first-order valence-electron chi connectivity index (χ1n) is 13.2. The molecule has 0 saturated carbocycles. The van der Waals surface area contributed by atoms with Gasteiger partial charge in [-0.1, -0.05) is 30.3 Å². The van der Waals surface area contributed by atoms with Gasteiger partial charge in [0.25, 0.3) is 5.69 Å². The van der Waals surface area contributed by atoms with Crippen molar-refractivity contribution < 1.29 is 14.8 Å². The van der Waals surface area contributed by atoms with E-state index in [4.69, 9.17) is 4.99 Å². The van der Waals surface area contributed by atoms with Gasteiger partial charge in [-0.3, -0.25) is 14.9 Å². The van der Waals surface area contributed by atoms with E-state index in [1.54, 1.807) is 6.07 Å². The molecule has 9 heteroatoms. The second-order valence-electron chi connectivity index (χ2n) is 10.1. The lowest BCUT2D eigenvalue weighted by Gasteiger charge is -2.26. The number of aromatic hydroxyl groups is 1. The number of nitrogens with one attached hydrogen (secondary N) is 2. The molecule has 9 nitrogen and oxygen atoms in total. The van der Waals surface area contributed by atoms with E-state index in [-0.39, 0.29) is 17.5 Å². The lowest BCUT2D eigenvalue weighted by molar-refractivity contribution is -0.384. The quantitative estimate of drug-likeness (QED) is 0.184. The molecule has 1 amide bonds.